The van der Waals surface area contributed by atoms with E-state index in [-0.39, 0.29) is 11.9 Å². The van der Waals surface area contributed by atoms with Crippen molar-refractivity contribution in [2.75, 3.05) is 13.2 Å². The Morgan fingerprint density at radius 1 is 1.64 bits per heavy atom. The maximum atomic E-state index is 9.00. The average molecular weight is 211 g/mol. The Morgan fingerprint density at radius 3 is 2.93 bits per heavy atom. The lowest BCUT2D eigenvalue weighted by atomic mass is 10.0. The van der Waals surface area contributed by atoms with Crippen LogP contribution in [0.2, 0.25) is 0 Å². The van der Waals surface area contributed by atoms with E-state index in [1.54, 1.807) is 11.8 Å². The van der Waals surface area contributed by atoms with Crippen LogP contribution < -0.4 is 5.73 Å². The van der Waals surface area contributed by atoms with Gasteiger partial charge in [-0.1, -0.05) is 30.9 Å². The van der Waals surface area contributed by atoms with Gasteiger partial charge in [-0.3, -0.25) is 0 Å². The van der Waals surface area contributed by atoms with E-state index in [2.05, 4.69) is 18.7 Å². The predicted octanol–water partition coefficient (Wildman–Crippen LogP) is 1.69. The molecule has 78 valence electrons. The molecule has 0 aromatic carbocycles. The third-order valence-corrected chi connectivity index (χ3v) is 3.46. The molecule has 1 aliphatic carbocycles. The van der Waals surface area contributed by atoms with Crippen LogP contribution in [0.3, 0.4) is 0 Å². The number of aliphatic hydroxyl groups is 1. The second kappa shape index (κ2) is 6.06. The Morgan fingerprint density at radius 2 is 2.43 bits per heavy atom. The predicted molar refractivity (Wildman–Crippen MR) is 63.0 cm³/mol. The van der Waals surface area contributed by atoms with Crippen LogP contribution in [0, 0.1) is 5.92 Å². The van der Waals surface area contributed by atoms with Crippen molar-refractivity contribution >= 4 is 11.8 Å². The van der Waals surface area contributed by atoms with E-state index in [4.69, 9.17) is 10.8 Å². The number of aliphatic hydroxyl groups excluding tert-OH is 1. The first kappa shape index (κ1) is 11.6. The maximum absolute atomic E-state index is 9.00. The van der Waals surface area contributed by atoms with Crippen LogP contribution in [-0.2, 0) is 0 Å². The molecule has 0 heterocycles. The number of hydrogen-bond donors (Lipinski definition) is 2. The molecule has 3 heteroatoms. The summed E-state index contributed by atoms with van der Waals surface area (Å²) in [5, 5.41) is 9.08. The number of rotatable bonds is 5. The molecule has 2 atom stereocenters. The number of allylic oxidation sites excluding steroid dienone is 5. The van der Waals surface area contributed by atoms with E-state index in [9.17, 15) is 0 Å². The van der Waals surface area contributed by atoms with Crippen molar-refractivity contribution in [1.82, 2.24) is 0 Å². The fourth-order valence-electron chi connectivity index (χ4n) is 1.28. The first-order valence-electron chi connectivity index (χ1n) is 4.77. The first-order chi connectivity index (χ1) is 6.77. The molecule has 0 saturated heterocycles. The second-order valence-electron chi connectivity index (χ2n) is 3.28. The average Bonchev–Trinajstić information content (AvgIpc) is 2.26. The summed E-state index contributed by atoms with van der Waals surface area (Å²) in [6.07, 6.45) is 9.36. The zero-order chi connectivity index (χ0) is 10.4. The van der Waals surface area contributed by atoms with Gasteiger partial charge < -0.3 is 10.8 Å². The Bertz CT molecular complexity index is 244. The molecule has 0 aliphatic heterocycles. The quantitative estimate of drug-likeness (QED) is 0.727. The van der Waals surface area contributed by atoms with E-state index in [1.165, 1.54) is 0 Å². The minimum absolute atomic E-state index is 0.0850. The van der Waals surface area contributed by atoms with Crippen molar-refractivity contribution in [2.24, 2.45) is 11.7 Å². The van der Waals surface area contributed by atoms with Crippen LogP contribution in [0.25, 0.3) is 0 Å². The van der Waals surface area contributed by atoms with Gasteiger partial charge in [0.1, 0.15) is 0 Å². The standard InChI is InChI=1S/C11H17NOS/c1-9(14-11(7-12)8-13)10-5-3-2-4-6-10/h2-5,10-11,13H,1,6-8,12H2/t10?,11-/m0/s1. The van der Waals surface area contributed by atoms with Gasteiger partial charge in [-0.2, -0.15) is 0 Å². The Labute approximate surface area is 89.6 Å². The largest absolute Gasteiger partial charge is 0.395 e. The van der Waals surface area contributed by atoms with Gasteiger partial charge in [-0.25, -0.2) is 0 Å². The van der Waals surface area contributed by atoms with Crippen molar-refractivity contribution < 1.29 is 5.11 Å². The lowest BCUT2D eigenvalue weighted by molar-refractivity contribution is 0.296. The fraction of sp³-hybridized carbons (Fsp3) is 0.455. The summed E-state index contributed by atoms with van der Waals surface area (Å²) in [4.78, 5) is 1.09. The molecule has 0 aromatic rings. The summed E-state index contributed by atoms with van der Waals surface area (Å²) in [7, 11) is 0. The first-order valence-corrected chi connectivity index (χ1v) is 5.65. The van der Waals surface area contributed by atoms with Crippen molar-refractivity contribution in [2.45, 2.75) is 11.7 Å². The minimum Gasteiger partial charge on any atom is -0.395 e. The highest BCUT2D eigenvalue weighted by atomic mass is 32.2. The van der Waals surface area contributed by atoms with Gasteiger partial charge in [-0.05, 0) is 11.3 Å². The number of nitrogens with two attached hydrogens (primary N) is 1. The van der Waals surface area contributed by atoms with Gasteiger partial charge in [0.25, 0.3) is 0 Å². The molecule has 0 aromatic heterocycles. The molecule has 0 fully saturated rings. The Kier molecular flexibility index (Phi) is 5.01. The van der Waals surface area contributed by atoms with Gasteiger partial charge in [0.05, 0.1) is 6.61 Å². The van der Waals surface area contributed by atoms with Crippen LogP contribution in [0.15, 0.2) is 35.8 Å². The zero-order valence-electron chi connectivity index (χ0n) is 8.23. The van der Waals surface area contributed by atoms with Crippen molar-refractivity contribution in [1.29, 1.82) is 0 Å². The molecule has 0 amide bonds. The monoisotopic (exact) mass is 211 g/mol. The van der Waals surface area contributed by atoms with Gasteiger partial charge >= 0.3 is 0 Å². The van der Waals surface area contributed by atoms with Gasteiger partial charge in [0.2, 0.25) is 0 Å². The molecule has 1 aliphatic rings. The molecule has 0 bridgehead atoms. The molecule has 0 radical (unpaired) electrons. The highest BCUT2D eigenvalue weighted by Crippen LogP contribution is 2.31. The second-order valence-corrected chi connectivity index (χ2v) is 4.71. The smallest absolute Gasteiger partial charge is 0.0565 e. The summed E-state index contributed by atoms with van der Waals surface area (Å²) in [6.45, 7) is 4.64. The molecule has 14 heavy (non-hydrogen) atoms. The van der Waals surface area contributed by atoms with E-state index in [0.717, 1.165) is 11.3 Å². The van der Waals surface area contributed by atoms with E-state index < -0.39 is 0 Å². The van der Waals surface area contributed by atoms with E-state index in [0.29, 0.717) is 12.5 Å². The molecule has 1 unspecified atom stereocenters. The SMILES string of the molecule is C=C(S[C@@H](CN)CO)C1C=CC=CC1. The molecule has 0 saturated carbocycles. The fourth-order valence-corrected chi connectivity index (χ4v) is 2.23. The van der Waals surface area contributed by atoms with Crippen LogP contribution in [0.4, 0.5) is 0 Å². The Balaban J connectivity index is 2.41. The summed E-state index contributed by atoms with van der Waals surface area (Å²) in [5.74, 6) is 0.394. The maximum Gasteiger partial charge on any atom is 0.0565 e. The van der Waals surface area contributed by atoms with Gasteiger partial charge in [0.15, 0.2) is 0 Å². The lowest BCUT2D eigenvalue weighted by Crippen LogP contribution is -2.21. The highest BCUT2D eigenvalue weighted by Gasteiger charge is 2.14. The third-order valence-electron chi connectivity index (χ3n) is 2.18. The highest BCUT2D eigenvalue weighted by molar-refractivity contribution is 8.03. The van der Waals surface area contributed by atoms with Gasteiger partial charge in [0, 0.05) is 17.7 Å². The van der Waals surface area contributed by atoms with E-state index in [1.807, 2.05) is 12.2 Å². The Hall–Kier alpha value is -0.510. The third kappa shape index (κ3) is 3.33. The topological polar surface area (TPSA) is 46.2 Å². The molecule has 0 spiro atoms. The van der Waals surface area contributed by atoms with Crippen LogP contribution in [0.5, 0.6) is 0 Å². The van der Waals surface area contributed by atoms with Crippen LogP contribution in [0.1, 0.15) is 6.42 Å². The zero-order valence-corrected chi connectivity index (χ0v) is 9.04. The molecule has 1 rings (SSSR count). The van der Waals surface area contributed by atoms with E-state index >= 15 is 0 Å². The molecular weight excluding hydrogens is 194 g/mol. The van der Waals surface area contributed by atoms with Crippen molar-refractivity contribution in [3.63, 3.8) is 0 Å². The lowest BCUT2D eigenvalue weighted by Gasteiger charge is -2.19. The number of thioether (sulfide) groups is 1. The molecule has 3 N–H and O–H groups in total. The summed E-state index contributed by atoms with van der Waals surface area (Å²) in [6, 6.07) is 0. The van der Waals surface area contributed by atoms with Crippen molar-refractivity contribution in [3.8, 4) is 0 Å². The normalized spacial score (nSPS) is 22.3. The van der Waals surface area contributed by atoms with Gasteiger partial charge in [-0.15, -0.1) is 11.8 Å². The minimum atomic E-state index is 0.0850. The number of hydrogen-bond acceptors (Lipinski definition) is 3. The summed E-state index contributed by atoms with van der Waals surface area (Å²) >= 11 is 1.60. The molecular formula is C11H17NOS. The summed E-state index contributed by atoms with van der Waals surface area (Å²) < 4.78 is 0. The van der Waals surface area contributed by atoms with Crippen LogP contribution >= 0.6 is 11.8 Å². The van der Waals surface area contributed by atoms with Crippen molar-refractivity contribution in [3.05, 3.63) is 35.8 Å². The van der Waals surface area contributed by atoms with Crippen LogP contribution in [-0.4, -0.2) is 23.5 Å². The molecule has 2 nitrogen and oxygen atoms in total. The summed E-state index contributed by atoms with van der Waals surface area (Å²) in [5.41, 5.74) is 5.51.